The molecule has 2 aromatic rings. The first kappa shape index (κ1) is 13.8. The molecule has 1 aliphatic heterocycles. The number of aromatic nitrogens is 3. The lowest BCUT2D eigenvalue weighted by Gasteiger charge is -2.23. The van der Waals surface area contributed by atoms with Gasteiger partial charge in [0.1, 0.15) is 12.2 Å². The van der Waals surface area contributed by atoms with Gasteiger partial charge in [0.2, 0.25) is 5.91 Å². The Hall–Kier alpha value is -2.17. The second kappa shape index (κ2) is 6.08. The molecular weight excluding hydrogens is 264 g/mol. The number of rotatable bonds is 3. The fourth-order valence-corrected chi connectivity index (χ4v) is 2.95. The van der Waals surface area contributed by atoms with Crippen molar-refractivity contribution in [3.8, 4) is 0 Å². The molecule has 0 radical (unpaired) electrons. The first-order valence-corrected chi connectivity index (χ1v) is 7.49. The summed E-state index contributed by atoms with van der Waals surface area (Å²) in [5, 5.41) is 6.61. The molecule has 1 aromatic carbocycles. The third-order valence-electron chi connectivity index (χ3n) is 4.12. The Balaban J connectivity index is 1.77. The number of amides is 1. The summed E-state index contributed by atoms with van der Waals surface area (Å²) in [4.78, 5) is 18.6. The van der Waals surface area contributed by atoms with E-state index in [9.17, 15) is 4.79 Å². The van der Waals surface area contributed by atoms with Crippen molar-refractivity contribution in [1.82, 2.24) is 15.2 Å². The van der Waals surface area contributed by atoms with Crippen LogP contribution in [0.25, 0.3) is 0 Å². The van der Waals surface area contributed by atoms with Gasteiger partial charge in [-0.05, 0) is 30.4 Å². The second-order valence-electron chi connectivity index (χ2n) is 5.58. The first-order chi connectivity index (χ1) is 10.3. The van der Waals surface area contributed by atoms with Crippen molar-refractivity contribution in [2.45, 2.75) is 38.5 Å². The molecule has 1 aliphatic rings. The first-order valence-electron chi connectivity index (χ1n) is 7.49. The van der Waals surface area contributed by atoms with Crippen LogP contribution in [0.15, 0.2) is 30.6 Å². The van der Waals surface area contributed by atoms with Gasteiger partial charge in [-0.25, -0.2) is 4.98 Å². The number of carbonyl (C=O) groups excluding carboxylic acids is 1. The van der Waals surface area contributed by atoms with E-state index >= 15 is 0 Å². The minimum atomic E-state index is 0.160. The lowest BCUT2D eigenvalue weighted by Crippen LogP contribution is -2.32. The molecule has 1 amide bonds. The summed E-state index contributed by atoms with van der Waals surface area (Å²) >= 11 is 0. The number of aromatic amines is 1. The van der Waals surface area contributed by atoms with Crippen LogP contribution in [0.4, 0.5) is 5.69 Å². The smallest absolute Gasteiger partial charge is 0.227 e. The molecule has 0 fully saturated rings. The van der Waals surface area contributed by atoms with E-state index < -0.39 is 0 Å². The van der Waals surface area contributed by atoms with Gasteiger partial charge >= 0.3 is 0 Å². The standard InChI is InChI=1S/C16H20N4O/c1-12-5-4-10-20(14-7-3-2-6-13(12)14)16(21)9-8-15-17-11-18-19-15/h2-3,6-7,11-12H,4-5,8-10H2,1H3,(H,17,18,19)/t12-/m1/s1. The summed E-state index contributed by atoms with van der Waals surface area (Å²) in [6.45, 7) is 3.04. The largest absolute Gasteiger partial charge is 0.312 e. The number of fused-ring (bicyclic) bond motifs is 1. The minimum Gasteiger partial charge on any atom is -0.312 e. The topological polar surface area (TPSA) is 61.9 Å². The average molecular weight is 284 g/mol. The van der Waals surface area contributed by atoms with E-state index in [2.05, 4.69) is 40.3 Å². The maximum atomic E-state index is 12.6. The molecule has 2 heterocycles. The molecule has 3 rings (SSSR count). The molecule has 21 heavy (non-hydrogen) atoms. The number of H-pyrrole nitrogens is 1. The molecule has 0 bridgehead atoms. The SMILES string of the molecule is C[C@@H]1CCCN(C(=O)CCc2ncn[nH]2)c2ccccc21. The summed E-state index contributed by atoms with van der Waals surface area (Å²) in [6, 6.07) is 8.26. The van der Waals surface area contributed by atoms with Crippen molar-refractivity contribution in [3.63, 3.8) is 0 Å². The van der Waals surface area contributed by atoms with Crippen molar-refractivity contribution in [1.29, 1.82) is 0 Å². The molecular formula is C16H20N4O. The molecule has 1 aromatic heterocycles. The summed E-state index contributed by atoms with van der Waals surface area (Å²) in [7, 11) is 0. The lowest BCUT2D eigenvalue weighted by molar-refractivity contribution is -0.118. The number of hydrogen-bond acceptors (Lipinski definition) is 3. The highest BCUT2D eigenvalue weighted by Crippen LogP contribution is 2.34. The second-order valence-corrected chi connectivity index (χ2v) is 5.58. The van der Waals surface area contributed by atoms with Crippen LogP contribution in [-0.2, 0) is 11.2 Å². The van der Waals surface area contributed by atoms with Crippen molar-refractivity contribution in [2.75, 3.05) is 11.4 Å². The van der Waals surface area contributed by atoms with Crippen LogP contribution in [0.1, 0.15) is 43.5 Å². The van der Waals surface area contributed by atoms with E-state index in [-0.39, 0.29) is 5.91 Å². The third-order valence-corrected chi connectivity index (χ3v) is 4.12. The summed E-state index contributed by atoms with van der Waals surface area (Å²) in [5.74, 6) is 1.43. The Kier molecular flexibility index (Phi) is 3.99. The van der Waals surface area contributed by atoms with Gasteiger partial charge in [0.15, 0.2) is 0 Å². The van der Waals surface area contributed by atoms with Crippen molar-refractivity contribution in [3.05, 3.63) is 42.0 Å². The summed E-state index contributed by atoms with van der Waals surface area (Å²) in [5.41, 5.74) is 2.35. The van der Waals surface area contributed by atoms with Crippen molar-refractivity contribution >= 4 is 11.6 Å². The summed E-state index contributed by atoms with van der Waals surface area (Å²) < 4.78 is 0. The van der Waals surface area contributed by atoms with E-state index in [1.165, 1.54) is 11.9 Å². The number of nitrogens with zero attached hydrogens (tertiary/aromatic N) is 3. The maximum Gasteiger partial charge on any atom is 0.227 e. The number of anilines is 1. The van der Waals surface area contributed by atoms with E-state index in [1.54, 1.807) is 0 Å². The Bertz CT molecular complexity index is 608. The zero-order valence-electron chi connectivity index (χ0n) is 12.2. The summed E-state index contributed by atoms with van der Waals surface area (Å²) in [6.07, 6.45) is 4.71. The van der Waals surface area contributed by atoms with Gasteiger partial charge in [-0.15, -0.1) is 0 Å². The molecule has 0 aliphatic carbocycles. The van der Waals surface area contributed by atoms with Crippen LogP contribution in [0, 0.1) is 0 Å². The molecule has 0 spiro atoms. The number of aryl methyl sites for hydroxylation is 1. The zero-order chi connectivity index (χ0) is 14.7. The number of carbonyl (C=O) groups is 1. The highest BCUT2D eigenvalue weighted by molar-refractivity contribution is 5.94. The van der Waals surface area contributed by atoms with Gasteiger partial charge in [-0.3, -0.25) is 9.89 Å². The average Bonchev–Trinajstić information content (AvgIpc) is 2.96. The third kappa shape index (κ3) is 2.96. The molecule has 110 valence electrons. The van der Waals surface area contributed by atoms with E-state index in [1.807, 2.05) is 11.0 Å². The number of benzene rings is 1. The Labute approximate surface area is 124 Å². The Morgan fingerprint density at radius 1 is 1.43 bits per heavy atom. The Morgan fingerprint density at radius 3 is 3.10 bits per heavy atom. The van der Waals surface area contributed by atoms with Crippen LogP contribution in [0.5, 0.6) is 0 Å². The van der Waals surface area contributed by atoms with Gasteiger partial charge in [-0.1, -0.05) is 25.1 Å². The highest BCUT2D eigenvalue weighted by Gasteiger charge is 2.23. The van der Waals surface area contributed by atoms with Crippen molar-refractivity contribution < 1.29 is 4.79 Å². The number of hydrogen-bond donors (Lipinski definition) is 1. The van der Waals surface area contributed by atoms with Crippen LogP contribution in [-0.4, -0.2) is 27.6 Å². The van der Waals surface area contributed by atoms with E-state index in [0.717, 1.165) is 30.9 Å². The quantitative estimate of drug-likeness (QED) is 0.942. The normalized spacial score (nSPS) is 18.1. The lowest BCUT2D eigenvalue weighted by atomic mass is 9.96. The van der Waals surface area contributed by atoms with Gasteiger partial charge in [0.25, 0.3) is 0 Å². The van der Waals surface area contributed by atoms with Gasteiger partial charge in [-0.2, -0.15) is 5.10 Å². The van der Waals surface area contributed by atoms with Gasteiger partial charge < -0.3 is 4.90 Å². The van der Waals surface area contributed by atoms with Crippen LogP contribution < -0.4 is 4.90 Å². The molecule has 5 heteroatoms. The molecule has 1 N–H and O–H groups in total. The molecule has 0 saturated heterocycles. The maximum absolute atomic E-state index is 12.6. The van der Waals surface area contributed by atoms with E-state index in [4.69, 9.17) is 0 Å². The fourth-order valence-electron chi connectivity index (χ4n) is 2.95. The fraction of sp³-hybridized carbons (Fsp3) is 0.438. The zero-order valence-corrected chi connectivity index (χ0v) is 12.2. The minimum absolute atomic E-state index is 0.160. The highest BCUT2D eigenvalue weighted by atomic mass is 16.2. The van der Waals surface area contributed by atoms with E-state index in [0.29, 0.717) is 18.8 Å². The number of nitrogens with one attached hydrogen (secondary N) is 1. The van der Waals surface area contributed by atoms with Crippen LogP contribution >= 0.6 is 0 Å². The molecule has 0 unspecified atom stereocenters. The molecule has 5 nitrogen and oxygen atoms in total. The Morgan fingerprint density at radius 2 is 2.29 bits per heavy atom. The monoisotopic (exact) mass is 284 g/mol. The molecule has 1 atom stereocenters. The van der Waals surface area contributed by atoms with Crippen LogP contribution in [0.2, 0.25) is 0 Å². The van der Waals surface area contributed by atoms with Crippen molar-refractivity contribution in [2.24, 2.45) is 0 Å². The predicted octanol–water partition coefficient (Wildman–Crippen LogP) is 2.67. The van der Waals surface area contributed by atoms with Gasteiger partial charge in [0.05, 0.1) is 0 Å². The van der Waals surface area contributed by atoms with Gasteiger partial charge in [0, 0.05) is 25.1 Å². The molecule has 0 saturated carbocycles. The van der Waals surface area contributed by atoms with Crippen LogP contribution in [0.3, 0.4) is 0 Å². The number of para-hydroxylation sites is 1. The predicted molar refractivity (Wildman–Crippen MR) is 81.1 cm³/mol.